The molecule has 1 N–H and O–H groups in total. The van der Waals surface area contributed by atoms with E-state index in [1.807, 2.05) is 57.6 Å². The minimum atomic E-state index is -0.889. The van der Waals surface area contributed by atoms with E-state index in [9.17, 15) is 19.5 Å². The number of hydrogen-bond acceptors (Lipinski definition) is 6. The van der Waals surface area contributed by atoms with E-state index in [0.29, 0.717) is 19.3 Å². The lowest BCUT2D eigenvalue weighted by atomic mass is 10.1. The fourth-order valence-corrected chi connectivity index (χ4v) is 5.83. The zero-order valence-electron chi connectivity index (χ0n) is 37.7. The molecule has 0 aromatic rings. The molecule has 332 valence electrons. The largest absolute Gasteiger partial charge is 0.477 e. The van der Waals surface area contributed by atoms with Gasteiger partial charge in [-0.2, -0.15) is 0 Å². The van der Waals surface area contributed by atoms with Crippen LogP contribution >= 0.6 is 0 Å². The van der Waals surface area contributed by atoms with Crippen molar-refractivity contribution < 1.29 is 38.2 Å². The average molecular weight is 821 g/mol. The van der Waals surface area contributed by atoms with E-state index in [2.05, 4.69) is 86.8 Å². The molecular weight excluding hydrogens is 739 g/mol. The standard InChI is InChI=1S/C51H81NO7/c1-6-8-10-12-14-16-18-20-21-22-23-24-25-26-27-28-30-32-34-36-38-40-42-50(54)59-47(45-57-44-43-48(51(55)56)52(3,4)5)46-58-49(53)41-39-37-35-33-31-29-19-17-15-13-11-9-7-2/h8-11,13-17,19-21,23-24,26-27,29,31,47-48H,6-7,12,18,22,25,28,30,32-46H2,1-5H3/p+1/b10-8+,11-9+,15-13+,16-14+,19-17+,21-20+,24-23+,27-26+,31-29+. The van der Waals surface area contributed by atoms with Crippen molar-refractivity contribution in [1.82, 2.24) is 0 Å². The first-order valence-electron chi connectivity index (χ1n) is 22.5. The summed E-state index contributed by atoms with van der Waals surface area (Å²) in [5.74, 6) is -1.56. The zero-order chi connectivity index (χ0) is 43.5. The Labute approximate surface area is 359 Å². The van der Waals surface area contributed by atoms with E-state index in [1.165, 1.54) is 12.8 Å². The van der Waals surface area contributed by atoms with Crippen LogP contribution in [0.15, 0.2) is 109 Å². The number of nitrogens with zero attached hydrogens (tertiary/aromatic N) is 1. The van der Waals surface area contributed by atoms with Crippen LogP contribution in [0.3, 0.4) is 0 Å². The van der Waals surface area contributed by atoms with Crippen LogP contribution < -0.4 is 0 Å². The lowest BCUT2D eigenvalue weighted by Crippen LogP contribution is -2.50. The number of aliphatic carboxylic acids is 1. The van der Waals surface area contributed by atoms with Gasteiger partial charge in [-0.1, -0.05) is 155 Å². The molecule has 0 bridgehead atoms. The molecule has 0 heterocycles. The second-order valence-electron chi connectivity index (χ2n) is 15.6. The van der Waals surface area contributed by atoms with Gasteiger partial charge in [-0.25, -0.2) is 4.79 Å². The maximum absolute atomic E-state index is 12.7. The van der Waals surface area contributed by atoms with Gasteiger partial charge in [-0.05, 0) is 77.0 Å². The highest BCUT2D eigenvalue weighted by Crippen LogP contribution is 2.13. The molecule has 0 aliphatic carbocycles. The first kappa shape index (κ1) is 55.0. The zero-order valence-corrected chi connectivity index (χ0v) is 37.7. The van der Waals surface area contributed by atoms with Gasteiger partial charge in [-0.3, -0.25) is 9.59 Å². The summed E-state index contributed by atoms with van der Waals surface area (Å²) in [5.41, 5.74) is 0. The third kappa shape index (κ3) is 39.2. The summed E-state index contributed by atoms with van der Waals surface area (Å²) in [4.78, 5) is 37.0. The average Bonchev–Trinajstić information content (AvgIpc) is 3.19. The van der Waals surface area contributed by atoms with Crippen molar-refractivity contribution in [3.8, 4) is 0 Å². The van der Waals surface area contributed by atoms with Crippen LogP contribution in [0.5, 0.6) is 0 Å². The molecule has 0 aromatic carbocycles. The fraction of sp³-hybridized carbons (Fsp3) is 0.588. The van der Waals surface area contributed by atoms with Gasteiger partial charge in [-0.15, -0.1) is 0 Å². The van der Waals surface area contributed by atoms with Gasteiger partial charge in [0.1, 0.15) is 6.61 Å². The third-order valence-corrected chi connectivity index (χ3v) is 9.26. The molecule has 0 saturated heterocycles. The van der Waals surface area contributed by atoms with Crippen molar-refractivity contribution in [1.29, 1.82) is 0 Å². The van der Waals surface area contributed by atoms with Gasteiger partial charge in [0.15, 0.2) is 12.1 Å². The van der Waals surface area contributed by atoms with E-state index < -0.39 is 18.1 Å². The quantitative estimate of drug-likeness (QED) is 0.0218. The van der Waals surface area contributed by atoms with Crippen molar-refractivity contribution in [2.45, 2.75) is 154 Å². The van der Waals surface area contributed by atoms with Crippen LogP contribution in [0.25, 0.3) is 0 Å². The predicted molar refractivity (Wildman–Crippen MR) is 247 cm³/mol. The minimum Gasteiger partial charge on any atom is -0.477 e. The molecule has 0 saturated carbocycles. The Morgan fingerprint density at radius 3 is 1.54 bits per heavy atom. The van der Waals surface area contributed by atoms with Crippen LogP contribution in [-0.2, 0) is 28.6 Å². The number of carbonyl (C=O) groups is 3. The Bertz CT molecular complexity index is 1330. The molecule has 0 rings (SSSR count). The Morgan fingerprint density at radius 1 is 0.525 bits per heavy atom. The second kappa shape index (κ2) is 40.8. The van der Waals surface area contributed by atoms with E-state index in [1.54, 1.807) is 0 Å². The summed E-state index contributed by atoms with van der Waals surface area (Å²) in [7, 11) is 5.49. The topological polar surface area (TPSA) is 99.1 Å². The van der Waals surface area contributed by atoms with Crippen molar-refractivity contribution in [2.24, 2.45) is 0 Å². The molecule has 8 heteroatoms. The first-order chi connectivity index (χ1) is 28.6. The Balaban J connectivity index is 4.41. The van der Waals surface area contributed by atoms with Gasteiger partial charge in [0.05, 0.1) is 34.4 Å². The Morgan fingerprint density at radius 2 is 0.983 bits per heavy atom. The Hall–Kier alpha value is -4.01. The summed E-state index contributed by atoms with van der Waals surface area (Å²) in [6.07, 6.45) is 55.6. The van der Waals surface area contributed by atoms with Gasteiger partial charge >= 0.3 is 17.9 Å². The van der Waals surface area contributed by atoms with Gasteiger partial charge in [0.2, 0.25) is 0 Å². The third-order valence-electron chi connectivity index (χ3n) is 9.26. The van der Waals surface area contributed by atoms with E-state index in [-0.39, 0.29) is 36.2 Å². The number of carboxylic acid groups (broad SMARTS) is 1. The molecule has 0 aromatic heterocycles. The normalized spacial score (nSPS) is 14.0. The maximum atomic E-state index is 12.7. The number of quaternary nitrogens is 1. The molecule has 2 unspecified atom stereocenters. The number of rotatable bonds is 38. The number of carbonyl (C=O) groups excluding carboxylic acids is 2. The monoisotopic (exact) mass is 821 g/mol. The summed E-state index contributed by atoms with van der Waals surface area (Å²) in [5, 5.41) is 9.62. The summed E-state index contributed by atoms with van der Waals surface area (Å²) >= 11 is 0. The summed E-state index contributed by atoms with van der Waals surface area (Å²) in [6, 6.07) is -0.631. The fourth-order valence-electron chi connectivity index (χ4n) is 5.83. The van der Waals surface area contributed by atoms with Crippen LogP contribution in [0.4, 0.5) is 0 Å². The minimum absolute atomic E-state index is 0.0341. The van der Waals surface area contributed by atoms with Crippen LogP contribution in [-0.4, -0.2) is 80.6 Å². The van der Waals surface area contributed by atoms with Crippen molar-refractivity contribution >= 4 is 17.9 Å². The summed E-state index contributed by atoms with van der Waals surface area (Å²) in [6.45, 7) is 4.39. The molecule has 0 spiro atoms. The number of hydrogen-bond donors (Lipinski definition) is 1. The molecule has 0 aliphatic rings. The molecule has 0 amide bonds. The SMILES string of the molecule is CC/C=C/C=C/C=C/C=C/CCCCCC(=O)OCC(COCCC(C(=O)O)[N+](C)(C)C)OC(=O)CCCCCCCC/C=C/C/C=C/C/C=C/C/C=C/C/C=C/CC. The van der Waals surface area contributed by atoms with Crippen LogP contribution in [0.2, 0.25) is 0 Å². The molecule has 0 fully saturated rings. The number of ether oxygens (including phenoxy) is 3. The lowest BCUT2D eigenvalue weighted by molar-refractivity contribution is -0.887. The van der Waals surface area contributed by atoms with Crippen molar-refractivity contribution in [3.63, 3.8) is 0 Å². The van der Waals surface area contributed by atoms with Gasteiger partial charge in [0.25, 0.3) is 0 Å². The van der Waals surface area contributed by atoms with Crippen molar-refractivity contribution in [2.75, 3.05) is 41.0 Å². The highest BCUT2D eigenvalue weighted by molar-refractivity contribution is 5.72. The van der Waals surface area contributed by atoms with Crippen LogP contribution in [0, 0.1) is 0 Å². The van der Waals surface area contributed by atoms with Gasteiger partial charge < -0.3 is 23.8 Å². The maximum Gasteiger partial charge on any atom is 0.362 e. The number of allylic oxidation sites excluding steroid dienone is 18. The molecule has 2 atom stereocenters. The van der Waals surface area contributed by atoms with E-state index in [4.69, 9.17) is 14.2 Å². The molecule has 8 nitrogen and oxygen atoms in total. The molecule has 0 aliphatic heterocycles. The van der Waals surface area contributed by atoms with E-state index in [0.717, 1.165) is 96.3 Å². The second-order valence-corrected chi connectivity index (χ2v) is 15.6. The molecule has 59 heavy (non-hydrogen) atoms. The Kier molecular flexibility index (Phi) is 38.0. The number of esters is 2. The first-order valence-corrected chi connectivity index (χ1v) is 22.5. The molecule has 0 radical (unpaired) electrons. The lowest BCUT2D eigenvalue weighted by Gasteiger charge is -2.31. The number of likely N-dealkylation sites (N-methyl/N-ethyl adjacent to an activating group) is 1. The van der Waals surface area contributed by atoms with E-state index >= 15 is 0 Å². The van der Waals surface area contributed by atoms with Crippen molar-refractivity contribution in [3.05, 3.63) is 109 Å². The van der Waals surface area contributed by atoms with Gasteiger partial charge in [0, 0.05) is 19.3 Å². The number of carboxylic acids is 1. The molecular formula is C51H82NO7+. The van der Waals surface area contributed by atoms with Crippen LogP contribution in [0.1, 0.15) is 142 Å². The summed E-state index contributed by atoms with van der Waals surface area (Å²) < 4.78 is 17.2. The highest BCUT2D eigenvalue weighted by atomic mass is 16.6. The highest BCUT2D eigenvalue weighted by Gasteiger charge is 2.31. The smallest absolute Gasteiger partial charge is 0.362 e. The predicted octanol–water partition coefficient (Wildman–Crippen LogP) is 12.5. The number of unbranched alkanes of at least 4 members (excludes halogenated alkanes) is 9.